The number of Topliss-reactive ketones (excluding diaryl/α,β-unsaturated/α-hetero) is 1. The molecule has 1 aromatic heterocycles. The lowest BCUT2D eigenvalue weighted by Gasteiger charge is -2.49. The van der Waals surface area contributed by atoms with Crippen molar-refractivity contribution in [1.82, 2.24) is 0 Å². The molecule has 1 atom stereocenters. The maximum absolute atomic E-state index is 13.9. The molecule has 1 saturated heterocycles. The van der Waals surface area contributed by atoms with E-state index >= 15 is 0 Å². The molecular weight excluding hydrogens is 492 g/mol. The van der Waals surface area contributed by atoms with Crippen LogP contribution in [0.25, 0.3) is 0 Å². The van der Waals surface area contributed by atoms with Crippen LogP contribution < -0.4 is 9.62 Å². The van der Waals surface area contributed by atoms with E-state index in [1.54, 1.807) is 23.6 Å². The number of nitrogens with zero attached hydrogens (tertiary/aromatic N) is 1. The first-order valence-electron chi connectivity index (χ1n) is 13.5. The summed E-state index contributed by atoms with van der Waals surface area (Å²) in [5, 5.41) is 1.75. The normalized spacial score (nSPS) is 23.2. The van der Waals surface area contributed by atoms with E-state index in [1.807, 2.05) is 18.2 Å². The van der Waals surface area contributed by atoms with E-state index in [9.17, 15) is 13.2 Å². The monoisotopic (exact) mass is 530 g/mol. The molecule has 6 nitrogen and oxygen atoms in total. The largest absolute Gasteiger partial charge is 0.371 e. The number of benzene rings is 1. The van der Waals surface area contributed by atoms with Crippen LogP contribution in [0.15, 0.2) is 46.0 Å². The molecule has 8 heteroatoms. The van der Waals surface area contributed by atoms with Crippen molar-refractivity contribution in [2.24, 2.45) is 11.8 Å². The molecule has 2 aliphatic carbocycles. The van der Waals surface area contributed by atoms with Gasteiger partial charge in [-0.05, 0) is 73.6 Å². The number of carbonyl (C=O) groups excluding carboxylic acids is 1. The zero-order chi connectivity index (χ0) is 25.2. The first-order valence-corrected chi connectivity index (χ1v) is 15.9. The van der Waals surface area contributed by atoms with Crippen molar-refractivity contribution in [3.63, 3.8) is 0 Å². The molecule has 0 amide bonds. The van der Waals surface area contributed by atoms with Crippen molar-refractivity contribution >= 4 is 38.5 Å². The number of carbonyl (C=O) groups is 1. The number of ketones is 1. The van der Waals surface area contributed by atoms with Crippen molar-refractivity contribution in [1.29, 1.82) is 0 Å². The van der Waals surface area contributed by atoms with Gasteiger partial charge in [0.1, 0.15) is 10.3 Å². The van der Waals surface area contributed by atoms with Crippen molar-refractivity contribution in [2.75, 3.05) is 22.8 Å². The third kappa shape index (κ3) is 5.09. The summed E-state index contributed by atoms with van der Waals surface area (Å²) in [4.78, 5) is 16.0. The smallest absolute Gasteiger partial charge is 0.271 e. The van der Waals surface area contributed by atoms with Crippen LogP contribution in [0.3, 0.4) is 0 Å². The number of ether oxygens (including phenoxy) is 1. The molecular formula is C28H38N2O4S2. The Kier molecular flexibility index (Phi) is 7.75. The van der Waals surface area contributed by atoms with Crippen molar-refractivity contribution in [3.8, 4) is 0 Å². The lowest BCUT2D eigenvalue weighted by molar-refractivity contribution is -0.169. The highest BCUT2D eigenvalue weighted by Gasteiger charge is 2.53. The van der Waals surface area contributed by atoms with Crippen molar-refractivity contribution in [3.05, 3.63) is 41.8 Å². The molecule has 3 aliphatic rings. The number of nitrogens with one attached hydrogen (secondary N) is 1. The Balaban J connectivity index is 1.37. The van der Waals surface area contributed by atoms with Gasteiger partial charge in [-0.3, -0.25) is 9.52 Å². The summed E-state index contributed by atoms with van der Waals surface area (Å²) in [5.74, 6) is 1.28. The predicted molar refractivity (Wildman–Crippen MR) is 145 cm³/mol. The molecule has 1 aliphatic heterocycles. The third-order valence-electron chi connectivity index (χ3n) is 8.46. The van der Waals surface area contributed by atoms with Crippen LogP contribution in [0.2, 0.25) is 0 Å². The average molecular weight is 531 g/mol. The molecule has 196 valence electrons. The van der Waals surface area contributed by atoms with Gasteiger partial charge in [-0.2, -0.15) is 0 Å². The first kappa shape index (κ1) is 25.7. The van der Waals surface area contributed by atoms with Crippen molar-refractivity contribution in [2.45, 2.75) is 87.0 Å². The van der Waals surface area contributed by atoms with Crippen LogP contribution in [0.5, 0.6) is 0 Å². The zero-order valence-corrected chi connectivity index (χ0v) is 22.8. The summed E-state index contributed by atoms with van der Waals surface area (Å²) in [6, 6.07) is 10.4. The van der Waals surface area contributed by atoms with Crippen LogP contribution in [-0.4, -0.2) is 39.0 Å². The van der Waals surface area contributed by atoms with Gasteiger partial charge in [0.25, 0.3) is 10.0 Å². The lowest BCUT2D eigenvalue weighted by atomic mass is 9.70. The van der Waals surface area contributed by atoms with Gasteiger partial charge in [0, 0.05) is 18.7 Å². The molecule has 2 aromatic rings. The lowest BCUT2D eigenvalue weighted by Crippen LogP contribution is -2.59. The van der Waals surface area contributed by atoms with Gasteiger partial charge in [-0.15, -0.1) is 11.3 Å². The molecule has 3 fully saturated rings. The number of sulfonamides is 1. The Hall–Kier alpha value is -1.90. The summed E-state index contributed by atoms with van der Waals surface area (Å²) in [5.41, 5.74) is 1.06. The van der Waals surface area contributed by atoms with E-state index in [0.29, 0.717) is 37.1 Å². The molecule has 0 spiro atoms. The molecule has 0 bridgehead atoms. The molecule has 36 heavy (non-hydrogen) atoms. The third-order valence-corrected chi connectivity index (χ3v) is 11.2. The van der Waals surface area contributed by atoms with Crippen LogP contribution >= 0.6 is 11.3 Å². The van der Waals surface area contributed by atoms with Gasteiger partial charge in [0.15, 0.2) is 5.78 Å². The summed E-state index contributed by atoms with van der Waals surface area (Å²) >= 11 is 1.19. The first-order chi connectivity index (χ1) is 17.4. The summed E-state index contributed by atoms with van der Waals surface area (Å²) in [6.45, 7) is 3.23. The molecule has 0 radical (unpaired) electrons. The van der Waals surface area contributed by atoms with Crippen LogP contribution in [0, 0.1) is 11.8 Å². The number of hydrogen-bond acceptors (Lipinski definition) is 6. The van der Waals surface area contributed by atoms with E-state index in [-0.39, 0.29) is 21.6 Å². The fourth-order valence-corrected chi connectivity index (χ4v) is 8.84. The quantitative estimate of drug-likeness (QED) is 0.415. The molecule has 1 unspecified atom stereocenters. The van der Waals surface area contributed by atoms with Crippen LogP contribution in [-0.2, 0) is 19.6 Å². The average Bonchev–Trinajstić information content (AvgIpc) is 3.66. The highest BCUT2D eigenvalue weighted by Crippen LogP contribution is 2.50. The second-order valence-electron chi connectivity index (χ2n) is 10.7. The maximum atomic E-state index is 13.9. The summed E-state index contributed by atoms with van der Waals surface area (Å²) in [6.07, 6.45) is 11.1. The minimum Gasteiger partial charge on any atom is -0.371 e. The van der Waals surface area contributed by atoms with E-state index in [4.69, 9.17) is 4.74 Å². The summed E-state index contributed by atoms with van der Waals surface area (Å²) < 4.78 is 35.3. The molecule has 2 heterocycles. The Morgan fingerprint density at radius 2 is 1.75 bits per heavy atom. The van der Waals surface area contributed by atoms with E-state index < -0.39 is 10.0 Å². The zero-order valence-electron chi connectivity index (χ0n) is 21.2. The maximum Gasteiger partial charge on any atom is 0.271 e. The van der Waals surface area contributed by atoms with Gasteiger partial charge in [-0.1, -0.05) is 44.7 Å². The number of hydrogen-bond donors (Lipinski definition) is 1. The predicted octanol–water partition coefficient (Wildman–Crippen LogP) is 6.24. The second kappa shape index (κ2) is 10.8. The topological polar surface area (TPSA) is 75.7 Å². The molecule has 1 N–H and O–H groups in total. The van der Waals surface area contributed by atoms with Crippen LogP contribution in [0.1, 0.15) is 71.1 Å². The van der Waals surface area contributed by atoms with Gasteiger partial charge < -0.3 is 9.64 Å². The van der Waals surface area contributed by atoms with Gasteiger partial charge >= 0.3 is 0 Å². The van der Waals surface area contributed by atoms with Gasteiger partial charge in [-0.25, -0.2) is 8.42 Å². The SMILES string of the molecule is CCCN(c1cccc(NS(=O)(=O)c2cccs2)c1)C1COC(C2CCCC2)(C2CCCC2)CC1=O. The highest BCUT2D eigenvalue weighted by molar-refractivity contribution is 7.94. The fraction of sp³-hybridized carbons (Fsp3) is 0.607. The highest BCUT2D eigenvalue weighted by atomic mass is 32.2. The second-order valence-corrected chi connectivity index (χ2v) is 13.5. The standard InChI is InChI=1S/C28H38N2O4S2/c1-2-16-30(24-14-7-13-23(18-24)29-36(32,33)27-15-8-17-35-27)25-20-34-28(19-26(25)31,21-9-3-4-10-21)22-11-5-6-12-22/h7-8,13-15,17-18,21-22,25,29H,2-6,9-12,16,19-20H2,1H3. The minimum atomic E-state index is -3.64. The fourth-order valence-electron chi connectivity index (χ4n) is 6.79. The van der Waals surface area contributed by atoms with E-state index in [1.165, 1.54) is 62.7 Å². The number of anilines is 2. The van der Waals surface area contributed by atoms with Crippen LogP contribution in [0.4, 0.5) is 11.4 Å². The molecule has 5 rings (SSSR count). The van der Waals surface area contributed by atoms with E-state index in [2.05, 4.69) is 16.5 Å². The van der Waals surface area contributed by atoms with Gasteiger partial charge in [0.2, 0.25) is 0 Å². The Morgan fingerprint density at radius 3 is 2.33 bits per heavy atom. The molecule has 1 aromatic carbocycles. The Bertz CT molecular complexity index is 1120. The number of thiophene rings is 1. The Morgan fingerprint density at radius 1 is 1.06 bits per heavy atom. The van der Waals surface area contributed by atoms with E-state index in [0.717, 1.165) is 12.1 Å². The Labute approximate surface area is 219 Å². The van der Waals surface area contributed by atoms with Crippen molar-refractivity contribution < 1.29 is 17.9 Å². The molecule has 2 saturated carbocycles. The number of rotatable bonds is 9. The minimum absolute atomic E-state index is 0.276. The van der Waals surface area contributed by atoms with Gasteiger partial charge in [0.05, 0.1) is 17.9 Å². The summed E-state index contributed by atoms with van der Waals surface area (Å²) in [7, 11) is -3.64.